The van der Waals surface area contributed by atoms with Crippen molar-refractivity contribution in [2.45, 2.75) is 0 Å². The van der Waals surface area contributed by atoms with Crippen molar-refractivity contribution in [1.29, 1.82) is 0 Å². The molecule has 0 unspecified atom stereocenters. The fourth-order valence-electron chi connectivity index (χ4n) is 1.93. The third-order valence-corrected chi connectivity index (χ3v) is 3.79. The number of benzene rings is 2. The topological polar surface area (TPSA) is 69.2 Å². The van der Waals surface area contributed by atoms with E-state index < -0.39 is 0 Å². The molecular weight excluding hydrogens is 376 g/mol. The molecule has 0 aliphatic rings. The molecule has 2 rings (SSSR count). The Bertz CT molecular complexity index is 740. The van der Waals surface area contributed by atoms with Gasteiger partial charge in [0.25, 0.3) is 5.91 Å². The Morgan fingerprint density at radius 3 is 2.25 bits per heavy atom. The summed E-state index contributed by atoms with van der Waals surface area (Å²) >= 11 is 3.39. The van der Waals surface area contributed by atoms with Crippen LogP contribution >= 0.6 is 15.9 Å². The Hall–Kier alpha value is -2.54. The molecule has 6 nitrogen and oxygen atoms in total. The number of carbonyl (C=O) groups is 1. The lowest BCUT2D eigenvalue weighted by atomic mass is 10.2. The number of hydrogen-bond donors (Lipinski definition) is 1. The molecule has 0 saturated heterocycles. The lowest BCUT2D eigenvalue weighted by Gasteiger charge is -2.07. The van der Waals surface area contributed by atoms with E-state index in [9.17, 15) is 4.79 Å². The molecule has 0 fully saturated rings. The first-order chi connectivity index (χ1) is 11.6. The summed E-state index contributed by atoms with van der Waals surface area (Å²) in [7, 11) is 4.64. The number of rotatable bonds is 6. The van der Waals surface area contributed by atoms with Crippen LogP contribution in [0.4, 0.5) is 0 Å². The Balaban J connectivity index is 2.08. The zero-order valence-electron chi connectivity index (χ0n) is 13.5. The minimum Gasteiger partial charge on any atom is -0.497 e. The van der Waals surface area contributed by atoms with Gasteiger partial charge in [-0.3, -0.25) is 4.79 Å². The number of ether oxygens (including phenoxy) is 3. The van der Waals surface area contributed by atoms with Crippen LogP contribution in [0, 0.1) is 0 Å². The third-order valence-electron chi connectivity index (χ3n) is 3.17. The maximum atomic E-state index is 12.2. The van der Waals surface area contributed by atoms with Gasteiger partial charge in [0.2, 0.25) is 0 Å². The van der Waals surface area contributed by atoms with E-state index in [4.69, 9.17) is 14.2 Å². The first kappa shape index (κ1) is 17.8. The summed E-state index contributed by atoms with van der Waals surface area (Å²) < 4.78 is 16.2. The molecule has 0 heterocycles. The van der Waals surface area contributed by atoms with Gasteiger partial charge in [0.1, 0.15) is 17.2 Å². The maximum absolute atomic E-state index is 12.2. The van der Waals surface area contributed by atoms with Crippen LogP contribution in [0.3, 0.4) is 0 Å². The van der Waals surface area contributed by atoms with Crippen LogP contribution in [-0.4, -0.2) is 33.5 Å². The Kier molecular flexibility index (Phi) is 6.20. The predicted octanol–water partition coefficient (Wildman–Crippen LogP) is 3.24. The first-order valence-corrected chi connectivity index (χ1v) is 7.76. The van der Waals surface area contributed by atoms with Crippen LogP contribution in [0.5, 0.6) is 17.2 Å². The van der Waals surface area contributed by atoms with Gasteiger partial charge >= 0.3 is 0 Å². The van der Waals surface area contributed by atoms with Crippen LogP contribution in [0.15, 0.2) is 46.0 Å². The highest BCUT2D eigenvalue weighted by Crippen LogP contribution is 2.25. The predicted molar refractivity (Wildman–Crippen MR) is 95.3 cm³/mol. The van der Waals surface area contributed by atoms with E-state index in [0.29, 0.717) is 17.1 Å². The molecule has 0 bridgehead atoms. The molecule has 7 heteroatoms. The summed E-state index contributed by atoms with van der Waals surface area (Å²) in [6.45, 7) is 0. The second kappa shape index (κ2) is 8.35. The van der Waals surface area contributed by atoms with E-state index in [2.05, 4.69) is 26.5 Å². The highest BCUT2D eigenvalue weighted by molar-refractivity contribution is 9.10. The van der Waals surface area contributed by atoms with Crippen LogP contribution < -0.4 is 19.6 Å². The molecule has 0 aliphatic carbocycles. The molecule has 2 aromatic rings. The number of halogens is 1. The third kappa shape index (κ3) is 4.48. The minimum atomic E-state index is -0.365. The zero-order valence-corrected chi connectivity index (χ0v) is 15.1. The number of carbonyl (C=O) groups excluding carboxylic acids is 1. The molecule has 0 atom stereocenters. The smallest absolute Gasteiger partial charge is 0.271 e. The number of amides is 1. The second-order valence-electron chi connectivity index (χ2n) is 4.69. The minimum absolute atomic E-state index is 0.365. The van der Waals surface area contributed by atoms with Gasteiger partial charge in [-0.25, -0.2) is 5.43 Å². The molecular formula is C17H17BrN2O4. The quantitative estimate of drug-likeness (QED) is 0.605. The maximum Gasteiger partial charge on any atom is 0.271 e. The highest BCUT2D eigenvalue weighted by atomic mass is 79.9. The van der Waals surface area contributed by atoms with Crippen molar-refractivity contribution in [3.8, 4) is 17.2 Å². The van der Waals surface area contributed by atoms with E-state index >= 15 is 0 Å². The summed E-state index contributed by atoms with van der Waals surface area (Å²) in [6, 6.07) is 10.4. The normalized spacial score (nSPS) is 10.5. The molecule has 1 amide bonds. The van der Waals surface area contributed by atoms with Crippen molar-refractivity contribution in [2.24, 2.45) is 5.10 Å². The molecule has 2 aromatic carbocycles. The SMILES string of the molecule is COc1cc(OC)cc(C(=O)N/N=C\c2ccc(OC)c(Br)c2)c1. The molecule has 0 spiro atoms. The lowest BCUT2D eigenvalue weighted by Crippen LogP contribution is -2.17. The van der Waals surface area contributed by atoms with Crippen LogP contribution in [0.2, 0.25) is 0 Å². The number of hydrazone groups is 1. The van der Waals surface area contributed by atoms with Gasteiger partial charge < -0.3 is 14.2 Å². The number of hydrogen-bond acceptors (Lipinski definition) is 5. The zero-order chi connectivity index (χ0) is 17.5. The van der Waals surface area contributed by atoms with Gasteiger partial charge in [-0.2, -0.15) is 5.10 Å². The summed E-state index contributed by atoms with van der Waals surface area (Å²) in [5.74, 6) is 1.42. The van der Waals surface area contributed by atoms with Gasteiger partial charge in [-0.1, -0.05) is 0 Å². The summed E-state index contributed by atoms with van der Waals surface area (Å²) in [6.07, 6.45) is 1.54. The summed E-state index contributed by atoms with van der Waals surface area (Å²) in [5, 5.41) is 3.96. The van der Waals surface area contributed by atoms with Crippen LogP contribution in [0.25, 0.3) is 0 Å². The standard InChI is InChI=1S/C17H17BrN2O4/c1-22-13-7-12(8-14(9-13)23-2)17(21)20-19-10-11-4-5-16(24-3)15(18)6-11/h4-10H,1-3H3,(H,20,21)/b19-10-. The van der Waals surface area contributed by atoms with Crippen molar-refractivity contribution >= 4 is 28.1 Å². The fourth-order valence-corrected chi connectivity index (χ4v) is 2.49. The Morgan fingerprint density at radius 2 is 1.71 bits per heavy atom. The fraction of sp³-hybridized carbons (Fsp3) is 0.176. The Labute approximate surface area is 148 Å². The van der Waals surface area contributed by atoms with Crippen molar-refractivity contribution in [2.75, 3.05) is 21.3 Å². The number of nitrogens with zero attached hydrogens (tertiary/aromatic N) is 1. The van der Waals surface area contributed by atoms with Gasteiger partial charge in [0, 0.05) is 11.6 Å². The second-order valence-corrected chi connectivity index (χ2v) is 5.55. The van der Waals surface area contributed by atoms with Gasteiger partial charge in [0.05, 0.1) is 32.0 Å². The van der Waals surface area contributed by atoms with Crippen molar-refractivity contribution in [3.05, 3.63) is 52.0 Å². The molecule has 1 N–H and O–H groups in total. The van der Waals surface area contributed by atoms with Gasteiger partial charge in [-0.15, -0.1) is 0 Å². The monoisotopic (exact) mass is 392 g/mol. The first-order valence-electron chi connectivity index (χ1n) is 6.97. The lowest BCUT2D eigenvalue weighted by molar-refractivity contribution is 0.0954. The molecule has 0 radical (unpaired) electrons. The van der Waals surface area contributed by atoms with Gasteiger partial charge in [-0.05, 0) is 51.8 Å². The van der Waals surface area contributed by atoms with Gasteiger partial charge in [0.15, 0.2) is 0 Å². The van der Waals surface area contributed by atoms with Crippen LogP contribution in [0.1, 0.15) is 15.9 Å². The van der Waals surface area contributed by atoms with Crippen molar-refractivity contribution in [3.63, 3.8) is 0 Å². The Morgan fingerprint density at radius 1 is 1.04 bits per heavy atom. The van der Waals surface area contributed by atoms with Crippen molar-refractivity contribution < 1.29 is 19.0 Å². The van der Waals surface area contributed by atoms with Crippen molar-refractivity contribution in [1.82, 2.24) is 5.43 Å². The number of methoxy groups -OCH3 is 3. The molecule has 0 aliphatic heterocycles. The average molecular weight is 393 g/mol. The summed E-state index contributed by atoms with van der Waals surface area (Å²) in [4.78, 5) is 12.2. The van der Waals surface area contributed by atoms with E-state index in [1.807, 2.05) is 12.1 Å². The molecule has 0 saturated carbocycles. The van der Waals surface area contributed by atoms with E-state index in [0.717, 1.165) is 15.8 Å². The largest absolute Gasteiger partial charge is 0.497 e. The van der Waals surface area contributed by atoms with E-state index in [1.54, 1.807) is 37.6 Å². The summed E-state index contributed by atoms with van der Waals surface area (Å²) in [5.41, 5.74) is 3.67. The van der Waals surface area contributed by atoms with E-state index in [-0.39, 0.29) is 5.91 Å². The average Bonchev–Trinajstić information content (AvgIpc) is 2.61. The molecule has 24 heavy (non-hydrogen) atoms. The number of nitrogens with one attached hydrogen (secondary N) is 1. The van der Waals surface area contributed by atoms with E-state index in [1.165, 1.54) is 14.2 Å². The van der Waals surface area contributed by atoms with Crippen LogP contribution in [-0.2, 0) is 0 Å². The molecule has 0 aromatic heterocycles. The molecule has 126 valence electrons. The highest BCUT2D eigenvalue weighted by Gasteiger charge is 2.09.